The lowest BCUT2D eigenvalue weighted by Gasteiger charge is -2.15. The summed E-state index contributed by atoms with van der Waals surface area (Å²) >= 11 is 0. The SMILES string of the molecule is COCCOc1cc(-c2ccc(F)cc2)c2c(Nc3cc(C)[nH]n3)nc(CO)nc2c1. The first-order valence-electron chi connectivity index (χ1n) is 9.69. The van der Waals surface area contributed by atoms with Crippen LogP contribution >= 0.6 is 0 Å². The number of anilines is 2. The smallest absolute Gasteiger partial charge is 0.156 e. The van der Waals surface area contributed by atoms with E-state index in [0.29, 0.717) is 41.5 Å². The standard InChI is InChI=1S/C22H22FN5O3/c1-13-9-19(28-27-13)25-22-21-17(14-3-5-15(23)6-4-14)10-16(31-8-7-30-2)11-18(21)24-20(12-29)26-22/h3-6,9-11,29H,7-8,12H2,1-2H3,(H2,24,25,26,27,28). The normalized spacial score (nSPS) is 11.1. The van der Waals surface area contributed by atoms with Crippen molar-refractivity contribution in [1.82, 2.24) is 20.2 Å². The number of aromatic amines is 1. The molecule has 9 heteroatoms. The number of H-pyrrole nitrogens is 1. The van der Waals surface area contributed by atoms with E-state index in [0.717, 1.165) is 16.8 Å². The number of halogens is 1. The third-order valence-corrected chi connectivity index (χ3v) is 4.62. The first-order chi connectivity index (χ1) is 15.1. The molecule has 0 unspecified atom stereocenters. The van der Waals surface area contributed by atoms with Crippen molar-refractivity contribution in [2.24, 2.45) is 0 Å². The van der Waals surface area contributed by atoms with E-state index in [1.807, 2.05) is 19.1 Å². The number of hydrogen-bond acceptors (Lipinski definition) is 7. The fourth-order valence-electron chi connectivity index (χ4n) is 3.23. The number of nitrogens with zero attached hydrogens (tertiary/aromatic N) is 3. The quantitative estimate of drug-likeness (QED) is 0.371. The van der Waals surface area contributed by atoms with E-state index in [2.05, 4.69) is 25.5 Å². The van der Waals surface area contributed by atoms with Crippen LogP contribution in [-0.4, -0.2) is 45.6 Å². The van der Waals surface area contributed by atoms with E-state index in [1.165, 1.54) is 12.1 Å². The molecule has 0 amide bonds. The molecule has 2 aromatic carbocycles. The summed E-state index contributed by atoms with van der Waals surface area (Å²) in [4.78, 5) is 8.95. The largest absolute Gasteiger partial charge is 0.491 e. The molecule has 0 aliphatic heterocycles. The van der Waals surface area contributed by atoms with Gasteiger partial charge < -0.3 is 19.9 Å². The number of aromatic nitrogens is 4. The van der Waals surface area contributed by atoms with Crippen molar-refractivity contribution < 1.29 is 19.0 Å². The number of aryl methyl sites for hydroxylation is 1. The maximum atomic E-state index is 13.6. The lowest BCUT2D eigenvalue weighted by Crippen LogP contribution is -2.06. The Morgan fingerprint density at radius 3 is 2.58 bits per heavy atom. The Hall–Kier alpha value is -3.56. The van der Waals surface area contributed by atoms with Gasteiger partial charge in [-0.25, -0.2) is 14.4 Å². The summed E-state index contributed by atoms with van der Waals surface area (Å²) in [6.07, 6.45) is 0. The third kappa shape index (κ3) is 4.62. The molecule has 3 N–H and O–H groups in total. The van der Waals surface area contributed by atoms with Gasteiger partial charge in [0.2, 0.25) is 0 Å². The predicted octanol–water partition coefficient (Wildman–Crippen LogP) is 3.73. The van der Waals surface area contributed by atoms with Gasteiger partial charge in [-0.1, -0.05) is 12.1 Å². The van der Waals surface area contributed by atoms with Crippen molar-refractivity contribution in [2.45, 2.75) is 13.5 Å². The summed E-state index contributed by atoms with van der Waals surface area (Å²) in [6, 6.07) is 11.6. The summed E-state index contributed by atoms with van der Waals surface area (Å²) in [5.41, 5.74) is 2.98. The highest BCUT2D eigenvalue weighted by Gasteiger charge is 2.17. The third-order valence-electron chi connectivity index (χ3n) is 4.62. The zero-order chi connectivity index (χ0) is 21.8. The first kappa shape index (κ1) is 20.7. The molecule has 31 heavy (non-hydrogen) atoms. The number of aliphatic hydroxyl groups excluding tert-OH is 1. The van der Waals surface area contributed by atoms with E-state index in [1.54, 1.807) is 25.3 Å². The van der Waals surface area contributed by atoms with Gasteiger partial charge in [0.15, 0.2) is 11.6 Å². The minimum Gasteiger partial charge on any atom is -0.491 e. The van der Waals surface area contributed by atoms with Crippen LogP contribution in [0.1, 0.15) is 11.5 Å². The van der Waals surface area contributed by atoms with Crippen LogP contribution in [0.25, 0.3) is 22.0 Å². The van der Waals surface area contributed by atoms with Crippen LogP contribution in [0.2, 0.25) is 0 Å². The number of fused-ring (bicyclic) bond motifs is 1. The van der Waals surface area contributed by atoms with Crippen molar-refractivity contribution in [2.75, 3.05) is 25.6 Å². The molecule has 0 bridgehead atoms. The van der Waals surface area contributed by atoms with Crippen LogP contribution in [0, 0.1) is 12.7 Å². The molecule has 0 atom stereocenters. The van der Waals surface area contributed by atoms with Gasteiger partial charge in [0.25, 0.3) is 0 Å². The van der Waals surface area contributed by atoms with Crippen molar-refractivity contribution >= 4 is 22.5 Å². The van der Waals surface area contributed by atoms with Gasteiger partial charge in [-0.2, -0.15) is 5.10 Å². The first-order valence-corrected chi connectivity index (χ1v) is 9.69. The van der Waals surface area contributed by atoms with E-state index in [4.69, 9.17) is 9.47 Å². The van der Waals surface area contributed by atoms with Crippen molar-refractivity contribution in [3.63, 3.8) is 0 Å². The van der Waals surface area contributed by atoms with Gasteiger partial charge >= 0.3 is 0 Å². The second-order valence-electron chi connectivity index (χ2n) is 6.92. The second-order valence-corrected chi connectivity index (χ2v) is 6.92. The molecule has 2 heterocycles. The van der Waals surface area contributed by atoms with E-state index < -0.39 is 0 Å². The minimum absolute atomic E-state index is 0.251. The fourth-order valence-corrected chi connectivity index (χ4v) is 3.23. The molecule has 2 aromatic heterocycles. The molecule has 0 saturated carbocycles. The van der Waals surface area contributed by atoms with E-state index >= 15 is 0 Å². The summed E-state index contributed by atoms with van der Waals surface area (Å²) in [5.74, 6) is 1.55. The van der Waals surface area contributed by atoms with Gasteiger partial charge in [0.1, 0.15) is 30.6 Å². The van der Waals surface area contributed by atoms with Gasteiger partial charge in [-0.3, -0.25) is 5.10 Å². The Morgan fingerprint density at radius 1 is 1.10 bits per heavy atom. The van der Waals surface area contributed by atoms with Crippen molar-refractivity contribution in [3.8, 4) is 16.9 Å². The van der Waals surface area contributed by atoms with Crippen molar-refractivity contribution in [3.05, 3.63) is 59.8 Å². The Labute approximate surface area is 178 Å². The molecular formula is C22H22FN5O3. The average Bonchev–Trinajstić information content (AvgIpc) is 3.18. The molecule has 0 fully saturated rings. The number of methoxy groups -OCH3 is 1. The minimum atomic E-state index is -0.329. The van der Waals surface area contributed by atoms with Crippen LogP contribution in [0.5, 0.6) is 5.75 Å². The number of aliphatic hydroxyl groups is 1. The molecule has 0 spiro atoms. The van der Waals surface area contributed by atoms with Gasteiger partial charge in [0, 0.05) is 24.9 Å². The van der Waals surface area contributed by atoms with Crippen LogP contribution in [0.3, 0.4) is 0 Å². The van der Waals surface area contributed by atoms with Crippen LogP contribution < -0.4 is 10.1 Å². The maximum Gasteiger partial charge on any atom is 0.156 e. The highest BCUT2D eigenvalue weighted by molar-refractivity contribution is 6.03. The Bertz CT molecular complexity index is 1190. The molecule has 0 aliphatic carbocycles. The Kier molecular flexibility index (Phi) is 6.06. The lowest BCUT2D eigenvalue weighted by atomic mass is 10.00. The van der Waals surface area contributed by atoms with E-state index in [9.17, 15) is 9.50 Å². The van der Waals surface area contributed by atoms with Crippen LogP contribution in [0.4, 0.5) is 16.0 Å². The molecule has 0 saturated heterocycles. The van der Waals surface area contributed by atoms with E-state index in [-0.39, 0.29) is 18.2 Å². The zero-order valence-corrected chi connectivity index (χ0v) is 17.1. The zero-order valence-electron chi connectivity index (χ0n) is 17.1. The summed E-state index contributed by atoms with van der Waals surface area (Å²) in [5, 5.41) is 20.7. The molecule has 0 radical (unpaired) electrons. The number of rotatable bonds is 8. The highest BCUT2D eigenvalue weighted by Crippen LogP contribution is 2.37. The Balaban J connectivity index is 1.91. The number of ether oxygens (including phenoxy) is 2. The summed E-state index contributed by atoms with van der Waals surface area (Å²) in [6.45, 7) is 2.36. The molecule has 8 nitrogen and oxygen atoms in total. The topological polar surface area (TPSA) is 105 Å². The summed E-state index contributed by atoms with van der Waals surface area (Å²) in [7, 11) is 1.60. The average molecular weight is 423 g/mol. The van der Waals surface area contributed by atoms with Crippen LogP contribution in [-0.2, 0) is 11.3 Å². The summed E-state index contributed by atoms with van der Waals surface area (Å²) < 4.78 is 24.4. The lowest BCUT2D eigenvalue weighted by molar-refractivity contribution is 0.146. The maximum absolute atomic E-state index is 13.6. The molecule has 4 rings (SSSR count). The molecule has 0 aliphatic rings. The molecular weight excluding hydrogens is 401 g/mol. The predicted molar refractivity (Wildman–Crippen MR) is 115 cm³/mol. The van der Waals surface area contributed by atoms with Gasteiger partial charge in [-0.15, -0.1) is 0 Å². The number of nitrogens with one attached hydrogen (secondary N) is 2. The van der Waals surface area contributed by atoms with Gasteiger partial charge in [0.05, 0.1) is 17.5 Å². The highest BCUT2D eigenvalue weighted by atomic mass is 19.1. The van der Waals surface area contributed by atoms with Gasteiger partial charge in [-0.05, 0) is 36.2 Å². The van der Waals surface area contributed by atoms with Crippen molar-refractivity contribution in [1.29, 1.82) is 0 Å². The monoisotopic (exact) mass is 423 g/mol. The molecule has 160 valence electrons. The number of benzene rings is 2. The number of hydrogen-bond donors (Lipinski definition) is 3. The fraction of sp³-hybridized carbons (Fsp3) is 0.227. The van der Waals surface area contributed by atoms with Crippen LogP contribution in [0.15, 0.2) is 42.5 Å². The second kappa shape index (κ2) is 9.07. The molecule has 4 aromatic rings. The Morgan fingerprint density at radius 2 is 1.90 bits per heavy atom.